The molecule has 0 bridgehead atoms. The number of allylic oxidation sites excluding steroid dienone is 1. The fourth-order valence-corrected chi connectivity index (χ4v) is 4.47. The number of fused-ring (bicyclic) bond motifs is 1. The average Bonchev–Trinajstić information content (AvgIpc) is 2.65. The molecule has 2 aromatic rings. The molecule has 7 heteroatoms. The zero-order valence-corrected chi connectivity index (χ0v) is 17.0. The molecule has 27 heavy (non-hydrogen) atoms. The first-order valence-electron chi connectivity index (χ1n) is 9.22. The van der Waals surface area contributed by atoms with Gasteiger partial charge >= 0.3 is 0 Å². The van der Waals surface area contributed by atoms with Crippen LogP contribution in [-0.2, 0) is 11.3 Å². The summed E-state index contributed by atoms with van der Waals surface area (Å²) in [5.41, 5.74) is 0.403. The average molecular weight is 406 g/mol. The second kappa shape index (κ2) is 8.93. The molecule has 2 atom stereocenters. The highest BCUT2D eigenvalue weighted by Crippen LogP contribution is 2.24. The number of rotatable bonds is 6. The van der Waals surface area contributed by atoms with E-state index in [1.165, 1.54) is 22.7 Å². The van der Waals surface area contributed by atoms with Gasteiger partial charge in [0.2, 0.25) is 5.91 Å². The molecule has 0 unspecified atom stereocenters. The predicted molar refractivity (Wildman–Crippen MR) is 111 cm³/mol. The number of carbonyl (C=O) groups excluding carboxylic acids is 1. The van der Waals surface area contributed by atoms with E-state index in [9.17, 15) is 9.59 Å². The number of hydrogen-bond donors (Lipinski definition) is 1. The number of nitrogens with zero attached hydrogens (tertiary/aromatic N) is 2. The third kappa shape index (κ3) is 4.74. The minimum Gasteiger partial charge on any atom is -0.352 e. The Kier molecular flexibility index (Phi) is 6.60. The van der Waals surface area contributed by atoms with E-state index in [-0.39, 0.29) is 23.3 Å². The Morgan fingerprint density at radius 2 is 2.22 bits per heavy atom. The Morgan fingerprint density at radius 3 is 2.96 bits per heavy atom. The van der Waals surface area contributed by atoms with E-state index < -0.39 is 0 Å². The zero-order valence-electron chi connectivity index (χ0n) is 15.4. The summed E-state index contributed by atoms with van der Waals surface area (Å²) in [6, 6.07) is 5.30. The molecule has 1 amide bonds. The Bertz CT molecular complexity index is 912. The van der Waals surface area contributed by atoms with Gasteiger partial charge in [-0.25, -0.2) is 4.98 Å². The molecule has 3 rings (SSSR count). The van der Waals surface area contributed by atoms with E-state index >= 15 is 0 Å². The molecule has 0 saturated heterocycles. The van der Waals surface area contributed by atoms with Crippen molar-refractivity contribution in [1.82, 2.24) is 14.9 Å². The first-order valence-corrected chi connectivity index (χ1v) is 10.6. The van der Waals surface area contributed by atoms with Crippen molar-refractivity contribution in [3.05, 3.63) is 46.2 Å². The number of amides is 1. The molecule has 5 nitrogen and oxygen atoms in total. The van der Waals surface area contributed by atoms with Gasteiger partial charge in [0.15, 0.2) is 5.16 Å². The third-order valence-corrected chi connectivity index (χ3v) is 6.19. The minimum absolute atomic E-state index is 0.0191. The molecular weight excluding hydrogens is 382 g/mol. The van der Waals surface area contributed by atoms with Crippen LogP contribution in [-0.4, -0.2) is 27.3 Å². The summed E-state index contributed by atoms with van der Waals surface area (Å²) in [6.45, 7) is 6.24. The lowest BCUT2D eigenvalue weighted by Gasteiger charge is -2.29. The molecule has 1 aromatic heterocycles. The molecule has 0 spiro atoms. The van der Waals surface area contributed by atoms with E-state index in [1.807, 2.05) is 0 Å². The first kappa shape index (κ1) is 20.0. The van der Waals surface area contributed by atoms with Crippen LogP contribution in [0.3, 0.4) is 0 Å². The maximum Gasteiger partial charge on any atom is 0.262 e. The molecule has 1 fully saturated rings. The van der Waals surface area contributed by atoms with Gasteiger partial charge in [-0.1, -0.05) is 49.2 Å². The standard InChI is InChI=1S/C20H24ClN3O2S/c1-3-10-24-19(26)15-11-14(21)8-9-17(15)23-20(24)27-12-18(25)22-16-7-5-4-6-13(16)2/h3,8-9,11,13,16H,1,4-7,10,12H2,2H3,(H,22,25)/t13-,16+/m0/s1. The lowest BCUT2D eigenvalue weighted by atomic mass is 9.86. The predicted octanol–water partition coefficient (Wildman–Crippen LogP) is 4.02. The topological polar surface area (TPSA) is 64.0 Å². The van der Waals surface area contributed by atoms with Crippen molar-refractivity contribution in [2.75, 3.05) is 5.75 Å². The van der Waals surface area contributed by atoms with Gasteiger partial charge in [-0.2, -0.15) is 0 Å². The molecule has 1 N–H and O–H groups in total. The van der Waals surface area contributed by atoms with Gasteiger partial charge in [-0.05, 0) is 37.0 Å². The normalized spacial score (nSPS) is 19.8. The van der Waals surface area contributed by atoms with Gasteiger partial charge < -0.3 is 5.32 Å². The monoisotopic (exact) mass is 405 g/mol. The summed E-state index contributed by atoms with van der Waals surface area (Å²) in [4.78, 5) is 29.8. The van der Waals surface area contributed by atoms with E-state index in [0.29, 0.717) is 33.5 Å². The Labute approximate surface area is 168 Å². The molecule has 0 radical (unpaired) electrons. The van der Waals surface area contributed by atoms with Crippen LogP contribution in [0, 0.1) is 5.92 Å². The summed E-state index contributed by atoms with van der Waals surface area (Å²) < 4.78 is 1.53. The van der Waals surface area contributed by atoms with Crippen LogP contribution >= 0.6 is 23.4 Å². The summed E-state index contributed by atoms with van der Waals surface area (Å²) >= 11 is 7.29. The van der Waals surface area contributed by atoms with E-state index in [0.717, 1.165) is 19.3 Å². The van der Waals surface area contributed by atoms with Crippen molar-refractivity contribution in [3.63, 3.8) is 0 Å². The van der Waals surface area contributed by atoms with Crippen LogP contribution in [0.5, 0.6) is 0 Å². The number of thioether (sulfide) groups is 1. The number of hydrogen-bond acceptors (Lipinski definition) is 4. The Balaban J connectivity index is 1.78. The van der Waals surface area contributed by atoms with Gasteiger partial charge in [0.25, 0.3) is 5.56 Å². The Morgan fingerprint density at radius 1 is 1.44 bits per heavy atom. The fraction of sp³-hybridized carbons (Fsp3) is 0.450. The molecule has 0 aliphatic heterocycles. The summed E-state index contributed by atoms with van der Waals surface area (Å²) in [7, 11) is 0. The molecule has 1 aliphatic rings. The van der Waals surface area contributed by atoms with Crippen LogP contribution in [0.1, 0.15) is 32.6 Å². The number of aromatic nitrogens is 2. The van der Waals surface area contributed by atoms with E-state index in [2.05, 4.69) is 23.8 Å². The molecule has 1 heterocycles. The second-order valence-corrected chi connectivity index (χ2v) is 8.36. The van der Waals surface area contributed by atoms with E-state index in [1.54, 1.807) is 24.3 Å². The third-order valence-electron chi connectivity index (χ3n) is 4.98. The van der Waals surface area contributed by atoms with Gasteiger partial charge in [0.1, 0.15) is 0 Å². The molecule has 1 aromatic carbocycles. The molecule has 144 valence electrons. The molecule has 1 saturated carbocycles. The van der Waals surface area contributed by atoms with Crippen LogP contribution in [0.4, 0.5) is 0 Å². The number of benzene rings is 1. The lowest BCUT2D eigenvalue weighted by molar-refractivity contribution is -0.119. The maximum atomic E-state index is 12.8. The number of halogens is 1. The van der Waals surface area contributed by atoms with Crippen LogP contribution in [0.15, 0.2) is 40.8 Å². The second-order valence-electron chi connectivity index (χ2n) is 6.98. The highest BCUT2D eigenvalue weighted by Gasteiger charge is 2.23. The van der Waals surface area contributed by atoms with Gasteiger partial charge in [-0.3, -0.25) is 14.2 Å². The highest BCUT2D eigenvalue weighted by molar-refractivity contribution is 7.99. The quantitative estimate of drug-likeness (QED) is 0.448. The van der Waals surface area contributed by atoms with Crippen LogP contribution < -0.4 is 10.9 Å². The number of carbonyl (C=O) groups is 1. The van der Waals surface area contributed by atoms with Crippen molar-refractivity contribution >= 4 is 40.2 Å². The minimum atomic E-state index is -0.175. The molecule has 1 aliphatic carbocycles. The van der Waals surface area contributed by atoms with Crippen molar-refractivity contribution < 1.29 is 4.79 Å². The SMILES string of the molecule is C=CCn1c(SCC(=O)N[C@@H]2CCCC[C@@H]2C)nc2ccc(Cl)cc2c1=O. The summed E-state index contributed by atoms with van der Waals surface area (Å²) in [5, 5.41) is 4.61. The van der Waals surface area contributed by atoms with Crippen molar-refractivity contribution in [1.29, 1.82) is 0 Å². The smallest absolute Gasteiger partial charge is 0.262 e. The summed E-state index contributed by atoms with van der Waals surface area (Å²) in [6.07, 6.45) is 6.24. The van der Waals surface area contributed by atoms with Crippen molar-refractivity contribution in [2.24, 2.45) is 5.92 Å². The maximum absolute atomic E-state index is 12.8. The van der Waals surface area contributed by atoms with Crippen molar-refractivity contribution in [2.45, 2.75) is 50.4 Å². The summed E-state index contributed by atoms with van der Waals surface area (Å²) in [5.74, 6) is 0.718. The van der Waals surface area contributed by atoms with Crippen molar-refractivity contribution in [3.8, 4) is 0 Å². The fourth-order valence-electron chi connectivity index (χ4n) is 3.48. The lowest BCUT2D eigenvalue weighted by Crippen LogP contribution is -2.41. The van der Waals surface area contributed by atoms with Gasteiger partial charge in [-0.15, -0.1) is 6.58 Å². The number of nitrogens with one attached hydrogen (secondary N) is 1. The zero-order chi connectivity index (χ0) is 19.4. The highest BCUT2D eigenvalue weighted by atomic mass is 35.5. The van der Waals surface area contributed by atoms with Gasteiger partial charge in [0.05, 0.1) is 16.7 Å². The Hall–Kier alpha value is -1.79. The van der Waals surface area contributed by atoms with E-state index in [4.69, 9.17) is 11.6 Å². The van der Waals surface area contributed by atoms with Gasteiger partial charge in [0, 0.05) is 17.6 Å². The van der Waals surface area contributed by atoms with Crippen LogP contribution in [0.25, 0.3) is 10.9 Å². The first-order chi connectivity index (χ1) is 13.0. The molecular formula is C20H24ClN3O2S. The van der Waals surface area contributed by atoms with Crippen LogP contribution in [0.2, 0.25) is 5.02 Å². The largest absolute Gasteiger partial charge is 0.352 e.